The molecule has 0 spiro atoms. The van der Waals surface area contributed by atoms with Crippen LogP contribution in [0, 0.1) is 0 Å². The van der Waals surface area contributed by atoms with Gasteiger partial charge in [0.15, 0.2) is 5.82 Å². The fourth-order valence-electron chi connectivity index (χ4n) is 3.37. The molecule has 3 heterocycles. The van der Waals surface area contributed by atoms with Crippen molar-refractivity contribution in [3.63, 3.8) is 0 Å². The summed E-state index contributed by atoms with van der Waals surface area (Å²) < 4.78 is 26.3. The lowest BCUT2D eigenvalue weighted by molar-refractivity contribution is 0.0664. The number of carbonyl (C=O) groups is 1. The van der Waals surface area contributed by atoms with Crippen LogP contribution in [0.3, 0.4) is 0 Å². The Morgan fingerprint density at radius 3 is 2.96 bits per heavy atom. The molecule has 128 valence electrons. The molecule has 0 aliphatic carbocycles. The first-order chi connectivity index (χ1) is 12.1. The Morgan fingerprint density at radius 2 is 2.16 bits per heavy atom. The molecule has 3 aromatic rings. The summed E-state index contributed by atoms with van der Waals surface area (Å²) in [6.07, 6.45) is -0.232. The van der Waals surface area contributed by atoms with E-state index in [0.717, 1.165) is 11.3 Å². The van der Waals surface area contributed by atoms with Gasteiger partial charge in [-0.3, -0.25) is 9.78 Å². The van der Waals surface area contributed by atoms with E-state index in [4.69, 9.17) is 0 Å². The van der Waals surface area contributed by atoms with E-state index in [1.165, 1.54) is 12.1 Å². The number of para-hydroxylation sites is 1. The van der Waals surface area contributed by atoms with Gasteiger partial charge in [0.05, 0.1) is 17.1 Å². The average molecular weight is 342 g/mol. The van der Waals surface area contributed by atoms with E-state index in [1.54, 1.807) is 17.2 Å². The Labute approximate surface area is 142 Å². The quantitative estimate of drug-likeness (QED) is 0.773. The summed E-state index contributed by atoms with van der Waals surface area (Å²) in [5.41, 5.74) is 2.41. The van der Waals surface area contributed by atoms with Gasteiger partial charge in [0.25, 0.3) is 12.3 Å². The van der Waals surface area contributed by atoms with E-state index < -0.39 is 6.43 Å². The van der Waals surface area contributed by atoms with Crippen molar-refractivity contribution in [3.8, 4) is 0 Å². The molecule has 0 fully saturated rings. The maximum Gasteiger partial charge on any atom is 0.290 e. The highest BCUT2D eigenvalue weighted by Gasteiger charge is 2.30. The number of halogens is 2. The Bertz CT molecular complexity index is 953. The van der Waals surface area contributed by atoms with Crippen LogP contribution >= 0.6 is 0 Å². The number of amides is 1. The number of benzene rings is 1. The predicted octanol–water partition coefficient (Wildman–Crippen LogP) is 3.66. The van der Waals surface area contributed by atoms with Crippen LogP contribution in [-0.2, 0) is 6.42 Å². The van der Waals surface area contributed by atoms with Gasteiger partial charge in [-0.2, -0.15) is 0 Å². The van der Waals surface area contributed by atoms with Crippen LogP contribution in [0.15, 0.2) is 36.5 Å². The van der Waals surface area contributed by atoms with Gasteiger partial charge in [-0.25, -0.2) is 13.8 Å². The highest BCUT2D eigenvalue weighted by Crippen LogP contribution is 2.30. The van der Waals surface area contributed by atoms with E-state index >= 15 is 0 Å². The third-order valence-electron chi connectivity index (χ3n) is 4.67. The Morgan fingerprint density at radius 1 is 1.32 bits per heavy atom. The van der Waals surface area contributed by atoms with Gasteiger partial charge in [0.1, 0.15) is 0 Å². The summed E-state index contributed by atoms with van der Waals surface area (Å²) in [4.78, 5) is 26.0. The number of alkyl halides is 2. The topological polar surface area (TPSA) is 61.9 Å². The molecule has 7 heteroatoms. The number of hydrogen-bond acceptors (Lipinski definition) is 3. The zero-order valence-corrected chi connectivity index (χ0v) is 13.5. The summed E-state index contributed by atoms with van der Waals surface area (Å²) in [6.45, 7) is 2.45. The van der Waals surface area contributed by atoms with Crippen molar-refractivity contribution in [1.29, 1.82) is 0 Å². The molecule has 0 unspecified atom stereocenters. The van der Waals surface area contributed by atoms with Crippen molar-refractivity contribution in [3.05, 3.63) is 59.2 Å². The number of aromatic amines is 1. The summed E-state index contributed by atoms with van der Waals surface area (Å²) in [7, 11) is 0. The zero-order valence-electron chi connectivity index (χ0n) is 13.5. The summed E-state index contributed by atoms with van der Waals surface area (Å²) >= 11 is 0. The number of nitrogens with one attached hydrogen (secondary N) is 1. The van der Waals surface area contributed by atoms with E-state index in [1.807, 2.05) is 19.1 Å². The SMILES string of the molecule is C[C@@H]1c2cccnc2CCN1C(=O)c1nc2c(C(F)F)cccc2[nH]1. The molecule has 0 saturated heterocycles. The molecule has 0 saturated carbocycles. The molecule has 1 aliphatic heterocycles. The number of fused-ring (bicyclic) bond motifs is 2. The monoisotopic (exact) mass is 342 g/mol. The molecule has 2 aromatic heterocycles. The molecule has 4 rings (SSSR count). The van der Waals surface area contributed by atoms with Crippen molar-refractivity contribution < 1.29 is 13.6 Å². The molecule has 1 atom stereocenters. The molecular weight excluding hydrogens is 326 g/mol. The second-order valence-electron chi connectivity index (χ2n) is 6.09. The number of hydrogen-bond donors (Lipinski definition) is 1. The molecule has 1 N–H and O–H groups in total. The summed E-state index contributed by atoms with van der Waals surface area (Å²) in [5.74, 6) is -0.208. The maximum atomic E-state index is 13.1. The van der Waals surface area contributed by atoms with Crippen LogP contribution in [0.2, 0.25) is 0 Å². The number of aromatic nitrogens is 3. The number of rotatable bonds is 2. The molecular formula is C18H16F2N4O. The minimum atomic E-state index is -2.64. The van der Waals surface area contributed by atoms with Crippen molar-refractivity contribution in [2.24, 2.45) is 0 Å². The van der Waals surface area contributed by atoms with Gasteiger partial charge < -0.3 is 9.88 Å². The highest BCUT2D eigenvalue weighted by atomic mass is 19.3. The van der Waals surface area contributed by atoms with Crippen molar-refractivity contribution in [2.75, 3.05) is 6.54 Å². The number of pyridine rings is 1. The highest BCUT2D eigenvalue weighted by molar-refractivity contribution is 5.95. The normalized spacial score (nSPS) is 17.1. The largest absolute Gasteiger partial charge is 0.334 e. The molecule has 0 bridgehead atoms. The first-order valence-corrected chi connectivity index (χ1v) is 8.08. The molecule has 0 radical (unpaired) electrons. The van der Waals surface area contributed by atoms with E-state index in [9.17, 15) is 13.6 Å². The van der Waals surface area contributed by atoms with Crippen molar-refractivity contribution in [2.45, 2.75) is 25.8 Å². The van der Waals surface area contributed by atoms with Gasteiger partial charge in [-0.1, -0.05) is 18.2 Å². The molecule has 5 nitrogen and oxygen atoms in total. The van der Waals surface area contributed by atoms with Crippen molar-refractivity contribution in [1.82, 2.24) is 19.9 Å². The Kier molecular flexibility index (Phi) is 3.71. The summed E-state index contributed by atoms with van der Waals surface area (Å²) in [5, 5.41) is 0. The Hall–Kier alpha value is -2.83. The van der Waals surface area contributed by atoms with Crippen molar-refractivity contribution >= 4 is 16.9 Å². The molecule has 25 heavy (non-hydrogen) atoms. The van der Waals surface area contributed by atoms with E-state index in [0.29, 0.717) is 18.5 Å². The van der Waals surface area contributed by atoms with Gasteiger partial charge in [-0.15, -0.1) is 0 Å². The standard InChI is InChI=1S/C18H16F2N4O/c1-10-11-5-3-8-21-13(11)7-9-24(10)18(25)17-22-14-6-2-4-12(16(19)20)15(14)23-17/h2-6,8,10,16H,7,9H2,1H3,(H,22,23)/t10-/m1/s1. The minimum Gasteiger partial charge on any atom is -0.334 e. The number of nitrogens with zero attached hydrogens (tertiary/aromatic N) is 3. The lowest BCUT2D eigenvalue weighted by Crippen LogP contribution is -2.39. The second-order valence-corrected chi connectivity index (χ2v) is 6.09. The van der Waals surface area contributed by atoms with Crippen LogP contribution < -0.4 is 0 Å². The third-order valence-corrected chi connectivity index (χ3v) is 4.67. The third kappa shape index (κ3) is 2.56. The van der Waals surface area contributed by atoms with Crippen LogP contribution in [0.4, 0.5) is 8.78 Å². The lowest BCUT2D eigenvalue weighted by Gasteiger charge is -2.34. The lowest BCUT2D eigenvalue weighted by atomic mass is 9.98. The van der Waals surface area contributed by atoms with E-state index in [2.05, 4.69) is 15.0 Å². The summed E-state index contributed by atoms with van der Waals surface area (Å²) in [6, 6.07) is 8.16. The fourth-order valence-corrected chi connectivity index (χ4v) is 3.37. The maximum absolute atomic E-state index is 13.1. The van der Waals surface area contributed by atoms with Gasteiger partial charge in [-0.05, 0) is 24.6 Å². The predicted molar refractivity (Wildman–Crippen MR) is 88.4 cm³/mol. The first kappa shape index (κ1) is 15.7. The Balaban J connectivity index is 1.70. The number of carbonyl (C=O) groups excluding carboxylic acids is 1. The van der Waals surface area contributed by atoms with Crippen LogP contribution in [-0.4, -0.2) is 32.3 Å². The number of imidazole rings is 1. The average Bonchev–Trinajstić information content (AvgIpc) is 3.05. The zero-order chi connectivity index (χ0) is 17.6. The second kappa shape index (κ2) is 5.91. The van der Waals surface area contributed by atoms with Gasteiger partial charge in [0.2, 0.25) is 0 Å². The minimum absolute atomic E-state index is 0.0855. The first-order valence-electron chi connectivity index (χ1n) is 8.08. The van der Waals surface area contributed by atoms with Gasteiger partial charge in [0, 0.05) is 30.4 Å². The molecule has 1 aliphatic rings. The molecule has 1 amide bonds. The van der Waals surface area contributed by atoms with Crippen LogP contribution in [0.5, 0.6) is 0 Å². The smallest absolute Gasteiger partial charge is 0.290 e. The fraction of sp³-hybridized carbons (Fsp3) is 0.278. The number of H-pyrrole nitrogens is 1. The van der Waals surface area contributed by atoms with E-state index in [-0.39, 0.29) is 28.9 Å². The van der Waals surface area contributed by atoms with Gasteiger partial charge >= 0.3 is 0 Å². The molecule has 1 aromatic carbocycles. The van der Waals surface area contributed by atoms with Crippen LogP contribution in [0.25, 0.3) is 11.0 Å². The van der Waals surface area contributed by atoms with Crippen LogP contribution in [0.1, 0.15) is 46.8 Å².